The molecule has 0 spiro atoms. The fourth-order valence-electron chi connectivity index (χ4n) is 3.18. The Morgan fingerprint density at radius 1 is 0.964 bits per heavy atom. The van der Waals surface area contributed by atoms with E-state index >= 15 is 0 Å². The van der Waals surface area contributed by atoms with E-state index in [1.54, 1.807) is 46.5 Å². The molecule has 1 saturated heterocycles. The van der Waals surface area contributed by atoms with Gasteiger partial charge in [-0.25, -0.2) is 4.39 Å². The van der Waals surface area contributed by atoms with Crippen LogP contribution in [0.25, 0.3) is 11.3 Å². The van der Waals surface area contributed by atoms with Crippen LogP contribution in [0.1, 0.15) is 20.8 Å². The average molecular weight is 379 g/mol. The van der Waals surface area contributed by atoms with Gasteiger partial charge < -0.3 is 9.80 Å². The van der Waals surface area contributed by atoms with Crippen LogP contribution in [0.5, 0.6) is 0 Å². The zero-order valence-electron chi connectivity index (χ0n) is 15.0. The van der Waals surface area contributed by atoms with Gasteiger partial charge in [-0.1, -0.05) is 12.1 Å². The normalized spacial score (nSPS) is 14.2. The van der Waals surface area contributed by atoms with Gasteiger partial charge in [-0.3, -0.25) is 19.7 Å². The summed E-state index contributed by atoms with van der Waals surface area (Å²) in [4.78, 5) is 32.5. The molecule has 28 heavy (non-hydrogen) atoms. The van der Waals surface area contributed by atoms with Gasteiger partial charge in [0.15, 0.2) is 0 Å². The summed E-state index contributed by atoms with van der Waals surface area (Å²) in [6.45, 7) is 1.45. The Hall–Kier alpha value is -3.55. The first-order valence-corrected chi connectivity index (χ1v) is 8.92. The summed E-state index contributed by atoms with van der Waals surface area (Å²) in [6, 6.07) is 11.3. The van der Waals surface area contributed by atoms with Crippen LogP contribution in [0, 0.1) is 5.82 Å². The van der Waals surface area contributed by atoms with Gasteiger partial charge in [-0.15, -0.1) is 0 Å². The summed E-state index contributed by atoms with van der Waals surface area (Å²) >= 11 is 0. The number of nitrogens with one attached hydrogen (secondary N) is 1. The SMILES string of the molecule is O=C(c1cc(-c2cccnc2)n[nH]1)N1CCN(C(=O)c2ccccc2F)CC1. The summed E-state index contributed by atoms with van der Waals surface area (Å²) in [7, 11) is 0. The minimum atomic E-state index is -0.536. The number of hydrogen-bond donors (Lipinski definition) is 1. The Labute approximate surface area is 160 Å². The maximum atomic E-state index is 13.8. The summed E-state index contributed by atoms with van der Waals surface area (Å²) in [5.74, 6) is -1.07. The number of benzene rings is 1. The van der Waals surface area contributed by atoms with E-state index in [-0.39, 0.29) is 17.4 Å². The highest BCUT2D eigenvalue weighted by Crippen LogP contribution is 2.18. The smallest absolute Gasteiger partial charge is 0.272 e. The van der Waals surface area contributed by atoms with E-state index in [2.05, 4.69) is 15.2 Å². The molecule has 3 heterocycles. The van der Waals surface area contributed by atoms with Crippen molar-refractivity contribution in [3.05, 3.63) is 71.9 Å². The number of hydrogen-bond acceptors (Lipinski definition) is 4. The Kier molecular flexibility index (Phi) is 4.84. The molecule has 1 aromatic carbocycles. The highest BCUT2D eigenvalue weighted by Gasteiger charge is 2.27. The lowest BCUT2D eigenvalue weighted by Crippen LogP contribution is -2.50. The van der Waals surface area contributed by atoms with Crippen LogP contribution in [-0.4, -0.2) is 63.0 Å². The molecular weight excluding hydrogens is 361 g/mol. The Morgan fingerprint density at radius 2 is 1.68 bits per heavy atom. The van der Waals surface area contributed by atoms with Crippen molar-refractivity contribution in [3.8, 4) is 11.3 Å². The van der Waals surface area contributed by atoms with E-state index in [4.69, 9.17) is 0 Å². The minimum absolute atomic E-state index is 0.0527. The number of carbonyl (C=O) groups is 2. The third-order valence-electron chi connectivity index (χ3n) is 4.72. The van der Waals surface area contributed by atoms with Crippen LogP contribution in [-0.2, 0) is 0 Å². The van der Waals surface area contributed by atoms with Crippen molar-refractivity contribution in [2.45, 2.75) is 0 Å². The van der Waals surface area contributed by atoms with Gasteiger partial charge in [-0.05, 0) is 30.3 Å². The molecule has 0 radical (unpaired) electrons. The summed E-state index contributed by atoms with van der Waals surface area (Å²) < 4.78 is 13.8. The van der Waals surface area contributed by atoms with Crippen molar-refractivity contribution < 1.29 is 14.0 Å². The van der Waals surface area contributed by atoms with Crippen molar-refractivity contribution in [2.24, 2.45) is 0 Å². The molecule has 2 aromatic heterocycles. The Balaban J connectivity index is 1.40. The molecule has 1 aliphatic heterocycles. The number of H-pyrrole nitrogens is 1. The lowest BCUT2D eigenvalue weighted by Gasteiger charge is -2.34. The number of halogens is 1. The van der Waals surface area contributed by atoms with Crippen molar-refractivity contribution in [1.82, 2.24) is 25.0 Å². The molecule has 1 N–H and O–H groups in total. The van der Waals surface area contributed by atoms with E-state index in [9.17, 15) is 14.0 Å². The zero-order chi connectivity index (χ0) is 19.5. The molecule has 7 nitrogen and oxygen atoms in total. The summed E-state index contributed by atoms with van der Waals surface area (Å²) in [6.07, 6.45) is 3.35. The third-order valence-corrected chi connectivity index (χ3v) is 4.72. The number of piperazine rings is 1. The number of amides is 2. The molecule has 0 atom stereocenters. The van der Waals surface area contributed by atoms with Crippen molar-refractivity contribution in [2.75, 3.05) is 26.2 Å². The number of nitrogens with zero attached hydrogens (tertiary/aromatic N) is 4. The Bertz CT molecular complexity index is 997. The number of pyridine rings is 1. The molecule has 1 fully saturated rings. The highest BCUT2D eigenvalue weighted by molar-refractivity contribution is 5.95. The maximum absolute atomic E-state index is 13.8. The fraction of sp³-hybridized carbons (Fsp3) is 0.200. The first-order valence-electron chi connectivity index (χ1n) is 8.92. The van der Waals surface area contributed by atoms with Gasteiger partial charge in [0.1, 0.15) is 11.5 Å². The van der Waals surface area contributed by atoms with Gasteiger partial charge in [0.25, 0.3) is 11.8 Å². The van der Waals surface area contributed by atoms with E-state index in [1.165, 1.54) is 12.1 Å². The summed E-state index contributed by atoms with van der Waals surface area (Å²) in [5.41, 5.74) is 1.90. The molecule has 4 rings (SSSR count). The monoisotopic (exact) mass is 379 g/mol. The lowest BCUT2D eigenvalue weighted by molar-refractivity contribution is 0.0529. The molecule has 2 amide bonds. The number of rotatable bonds is 3. The van der Waals surface area contributed by atoms with Crippen molar-refractivity contribution >= 4 is 11.8 Å². The van der Waals surface area contributed by atoms with Crippen molar-refractivity contribution in [3.63, 3.8) is 0 Å². The fourth-order valence-corrected chi connectivity index (χ4v) is 3.18. The van der Waals surface area contributed by atoms with Gasteiger partial charge in [0, 0.05) is 44.1 Å². The van der Waals surface area contributed by atoms with Gasteiger partial charge in [0.2, 0.25) is 0 Å². The van der Waals surface area contributed by atoms with Crippen LogP contribution in [0.3, 0.4) is 0 Å². The quantitative estimate of drug-likeness (QED) is 0.756. The highest BCUT2D eigenvalue weighted by atomic mass is 19.1. The molecule has 0 aliphatic carbocycles. The van der Waals surface area contributed by atoms with Gasteiger partial charge >= 0.3 is 0 Å². The average Bonchev–Trinajstić information content (AvgIpc) is 3.24. The number of aromatic nitrogens is 3. The van der Waals surface area contributed by atoms with Crippen LogP contribution in [0.2, 0.25) is 0 Å². The predicted molar refractivity (Wildman–Crippen MR) is 100 cm³/mol. The molecule has 142 valence electrons. The molecular formula is C20H18FN5O2. The van der Waals surface area contributed by atoms with Gasteiger partial charge in [0.05, 0.1) is 11.3 Å². The van der Waals surface area contributed by atoms with Crippen LogP contribution in [0.15, 0.2) is 54.9 Å². The topological polar surface area (TPSA) is 82.2 Å². The number of aromatic amines is 1. The maximum Gasteiger partial charge on any atom is 0.272 e. The van der Waals surface area contributed by atoms with E-state index in [0.29, 0.717) is 37.6 Å². The second kappa shape index (κ2) is 7.59. The molecule has 0 unspecified atom stereocenters. The first kappa shape index (κ1) is 17.8. The molecule has 1 aliphatic rings. The molecule has 0 saturated carbocycles. The van der Waals surface area contributed by atoms with Crippen molar-refractivity contribution in [1.29, 1.82) is 0 Å². The first-order chi connectivity index (χ1) is 13.6. The second-order valence-electron chi connectivity index (χ2n) is 6.47. The number of carbonyl (C=O) groups excluding carboxylic acids is 2. The summed E-state index contributed by atoms with van der Waals surface area (Å²) in [5, 5.41) is 6.95. The second-order valence-corrected chi connectivity index (χ2v) is 6.47. The predicted octanol–water partition coefficient (Wildman–Crippen LogP) is 2.21. The lowest BCUT2D eigenvalue weighted by atomic mass is 10.1. The van der Waals surface area contributed by atoms with Crippen LogP contribution < -0.4 is 0 Å². The third kappa shape index (κ3) is 3.48. The minimum Gasteiger partial charge on any atom is -0.335 e. The van der Waals surface area contributed by atoms with Crippen LogP contribution in [0.4, 0.5) is 4.39 Å². The molecule has 3 aromatic rings. The zero-order valence-corrected chi connectivity index (χ0v) is 15.0. The largest absolute Gasteiger partial charge is 0.335 e. The molecule has 8 heteroatoms. The van der Waals surface area contributed by atoms with E-state index in [0.717, 1.165) is 5.56 Å². The van der Waals surface area contributed by atoms with E-state index in [1.807, 2.05) is 6.07 Å². The Morgan fingerprint density at radius 3 is 2.36 bits per heavy atom. The molecule has 0 bridgehead atoms. The van der Waals surface area contributed by atoms with E-state index < -0.39 is 5.82 Å². The van der Waals surface area contributed by atoms with Crippen LogP contribution >= 0.6 is 0 Å². The standard InChI is InChI=1S/C20H18FN5O2/c21-16-6-2-1-5-15(16)19(27)25-8-10-26(11-9-25)20(28)18-12-17(23-24-18)14-4-3-7-22-13-14/h1-7,12-13H,8-11H2,(H,23,24). The van der Waals surface area contributed by atoms with Gasteiger partial charge in [-0.2, -0.15) is 5.10 Å².